The molecule has 0 aliphatic rings. The van der Waals surface area contributed by atoms with Crippen molar-refractivity contribution in [3.8, 4) is 0 Å². The molecule has 1 heterocycles. The number of halogens is 3. The maximum atomic E-state index is 13.5. The third kappa shape index (κ3) is 3.58. The van der Waals surface area contributed by atoms with E-state index in [0.717, 1.165) is 12.5 Å². The highest BCUT2D eigenvalue weighted by Gasteiger charge is 2.10. The molecule has 2 rings (SSSR count). The summed E-state index contributed by atoms with van der Waals surface area (Å²) in [5, 5.41) is 6.81. The molecule has 7 heteroatoms. The van der Waals surface area contributed by atoms with Gasteiger partial charge in [0.05, 0.1) is 11.9 Å². The third-order valence-electron chi connectivity index (χ3n) is 2.90. The van der Waals surface area contributed by atoms with Crippen LogP contribution in [0.25, 0.3) is 0 Å². The van der Waals surface area contributed by atoms with Gasteiger partial charge in [0.2, 0.25) is 0 Å². The van der Waals surface area contributed by atoms with E-state index in [9.17, 15) is 13.6 Å². The van der Waals surface area contributed by atoms with Crippen molar-refractivity contribution in [3.63, 3.8) is 0 Å². The Labute approximate surface area is 125 Å². The Balaban J connectivity index is 2.17. The van der Waals surface area contributed by atoms with Gasteiger partial charge in [0.15, 0.2) is 0 Å². The Hall–Kier alpha value is -1.95. The lowest BCUT2D eigenvalue weighted by Gasteiger charge is -2.10. The molecule has 21 heavy (non-hydrogen) atoms. The van der Waals surface area contributed by atoms with Gasteiger partial charge in [-0.05, 0) is 12.5 Å². The average molecular weight is 314 g/mol. The molecule has 0 saturated heterocycles. The first-order chi connectivity index (χ1) is 10.0. The minimum Gasteiger partial charge on any atom is -0.378 e. The maximum Gasteiger partial charge on any atom is 0.287 e. The van der Waals surface area contributed by atoms with Crippen molar-refractivity contribution in [1.82, 2.24) is 9.78 Å². The smallest absolute Gasteiger partial charge is 0.287 e. The summed E-state index contributed by atoms with van der Waals surface area (Å²) in [6.07, 6.45) is 2.18. The first-order valence-corrected chi connectivity index (χ1v) is 6.84. The zero-order valence-electron chi connectivity index (χ0n) is 11.4. The van der Waals surface area contributed by atoms with E-state index < -0.39 is 17.2 Å². The van der Waals surface area contributed by atoms with Crippen LogP contribution >= 0.6 is 11.6 Å². The van der Waals surface area contributed by atoms with Crippen LogP contribution in [0.3, 0.4) is 0 Å². The maximum absolute atomic E-state index is 13.5. The summed E-state index contributed by atoms with van der Waals surface area (Å²) in [5.41, 5.74) is 0.186. The highest BCUT2D eigenvalue weighted by Crippen LogP contribution is 2.17. The van der Waals surface area contributed by atoms with Crippen molar-refractivity contribution >= 4 is 17.3 Å². The number of aromatic nitrogens is 2. The largest absolute Gasteiger partial charge is 0.378 e. The van der Waals surface area contributed by atoms with Gasteiger partial charge >= 0.3 is 0 Å². The van der Waals surface area contributed by atoms with E-state index >= 15 is 0 Å². The van der Waals surface area contributed by atoms with Crippen molar-refractivity contribution < 1.29 is 8.78 Å². The quantitative estimate of drug-likeness (QED) is 0.922. The molecule has 1 N–H and O–H groups in total. The Morgan fingerprint density at radius 2 is 2.14 bits per heavy atom. The SMILES string of the molecule is CCCn1ncc(NCc2ccc(F)cc2F)c(Cl)c1=O. The number of nitrogens with zero attached hydrogens (tertiary/aromatic N) is 2. The molecule has 1 aromatic carbocycles. The molecule has 0 aliphatic heterocycles. The lowest BCUT2D eigenvalue weighted by Crippen LogP contribution is -2.24. The van der Waals surface area contributed by atoms with Crippen LogP contribution in [0.1, 0.15) is 18.9 Å². The van der Waals surface area contributed by atoms with Crippen molar-refractivity contribution in [2.45, 2.75) is 26.4 Å². The van der Waals surface area contributed by atoms with E-state index in [4.69, 9.17) is 11.6 Å². The molecule has 1 aromatic heterocycles. The molecular weight excluding hydrogens is 300 g/mol. The molecule has 0 aliphatic carbocycles. The van der Waals surface area contributed by atoms with Gasteiger partial charge in [0.1, 0.15) is 16.7 Å². The molecule has 0 unspecified atom stereocenters. The van der Waals surface area contributed by atoms with E-state index in [1.54, 1.807) is 0 Å². The molecule has 0 radical (unpaired) electrons. The standard InChI is InChI=1S/C14H14ClF2N3O/c1-2-5-20-14(21)13(15)12(8-19-20)18-7-9-3-4-10(16)6-11(9)17/h3-4,6,8,18H,2,5,7H2,1H3. The summed E-state index contributed by atoms with van der Waals surface area (Å²) in [6, 6.07) is 3.30. The molecule has 112 valence electrons. The van der Waals surface area contributed by atoms with E-state index in [1.165, 1.54) is 23.0 Å². The monoisotopic (exact) mass is 313 g/mol. The Morgan fingerprint density at radius 3 is 2.81 bits per heavy atom. The summed E-state index contributed by atoms with van der Waals surface area (Å²) in [4.78, 5) is 11.9. The lowest BCUT2D eigenvalue weighted by atomic mass is 10.2. The predicted octanol–water partition coefficient (Wildman–Crippen LogP) is 3.20. The summed E-state index contributed by atoms with van der Waals surface area (Å²) in [5.74, 6) is -1.30. The van der Waals surface area contributed by atoms with Gasteiger partial charge in [-0.3, -0.25) is 4.79 Å². The van der Waals surface area contributed by atoms with Crippen molar-refractivity contribution in [1.29, 1.82) is 0 Å². The average Bonchev–Trinajstić information content (AvgIpc) is 2.45. The molecule has 0 atom stereocenters. The van der Waals surface area contributed by atoms with Crippen molar-refractivity contribution in [3.05, 3.63) is 57.0 Å². The fourth-order valence-electron chi connectivity index (χ4n) is 1.81. The number of nitrogens with one attached hydrogen (secondary N) is 1. The fraction of sp³-hybridized carbons (Fsp3) is 0.286. The van der Waals surface area contributed by atoms with Crippen LogP contribution in [-0.2, 0) is 13.1 Å². The fourth-order valence-corrected chi connectivity index (χ4v) is 2.03. The van der Waals surface area contributed by atoms with Crippen molar-refractivity contribution in [2.75, 3.05) is 5.32 Å². The summed E-state index contributed by atoms with van der Waals surface area (Å²) >= 11 is 5.98. The number of aryl methyl sites for hydroxylation is 1. The molecular formula is C14H14ClF2N3O. The zero-order valence-corrected chi connectivity index (χ0v) is 12.1. The number of anilines is 1. The first kappa shape index (κ1) is 15.4. The van der Waals surface area contributed by atoms with Gasteiger partial charge in [-0.1, -0.05) is 24.6 Å². The molecule has 2 aromatic rings. The predicted molar refractivity (Wildman–Crippen MR) is 77.5 cm³/mol. The molecule has 0 fully saturated rings. The van der Waals surface area contributed by atoms with Crippen LogP contribution in [0.2, 0.25) is 5.02 Å². The van der Waals surface area contributed by atoms with Gasteiger partial charge < -0.3 is 5.32 Å². The van der Waals surface area contributed by atoms with E-state index in [2.05, 4.69) is 10.4 Å². The molecule has 0 amide bonds. The van der Waals surface area contributed by atoms with Crippen LogP contribution in [0.4, 0.5) is 14.5 Å². The normalized spacial score (nSPS) is 10.7. The first-order valence-electron chi connectivity index (χ1n) is 6.46. The van der Waals surface area contributed by atoms with Crippen LogP contribution in [0, 0.1) is 11.6 Å². The van der Waals surface area contributed by atoms with Gasteiger partial charge in [-0.15, -0.1) is 0 Å². The Bertz CT molecular complexity index is 703. The summed E-state index contributed by atoms with van der Waals surface area (Å²) in [6.45, 7) is 2.47. The molecule has 4 nitrogen and oxygen atoms in total. The van der Waals surface area contributed by atoms with E-state index in [1.807, 2.05) is 6.92 Å². The third-order valence-corrected chi connectivity index (χ3v) is 3.27. The second-order valence-electron chi connectivity index (χ2n) is 4.49. The summed E-state index contributed by atoms with van der Waals surface area (Å²) < 4.78 is 27.6. The Kier molecular flexibility index (Phi) is 4.90. The molecule has 0 bridgehead atoms. The number of benzene rings is 1. The van der Waals surface area contributed by atoms with E-state index in [0.29, 0.717) is 12.2 Å². The van der Waals surface area contributed by atoms with Crippen molar-refractivity contribution in [2.24, 2.45) is 0 Å². The molecule has 0 spiro atoms. The zero-order chi connectivity index (χ0) is 15.4. The van der Waals surface area contributed by atoms with Gasteiger partial charge in [-0.25, -0.2) is 13.5 Å². The van der Waals surface area contributed by atoms with Crippen LogP contribution in [-0.4, -0.2) is 9.78 Å². The number of hydrogen-bond donors (Lipinski definition) is 1. The lowest BCUT2D eigenvalue weighted by molar-refractivity contribution is 0.567. The highest BCUT2D eigenvalue weighted by atomic mass is 35.5. The van der Waals surface area contributed by atoms with Gasteiger partial charge in [0, 0.05) is 24.7 Å². The topological polar surface area (TPSA) is 46.9 Å². The minimum absolute atomic E-state index is 0.000898. The number of rotatable bonds is 5. The van der Waals surface area contributed by atoms with Crippen LogP contribution in [0.5, 0.6) is 0 Å². The number of hydrogen-bond acceptors (Lipinski definition) is 3. The highest BCUT2D eigenvalue weighted by molar-refractivity contribution is 6.32. The summed E-state index contributed by atoms with van der Waals surface area (Å²) in [7, 11) is 0. The van der Waals surface area contributed by atoms with Crippen LogP contribution in [0.15, 0.2) is 29.2 Å². The Morgan fingerprint density at radius 1 is 1.38 bits per heavy atom. The van der Waals surface area contributed by atoms with Crippen LogP contribution < -0.4 is 10.9 Å². The second kappa shape index (κ2) is 6.67. The van der Waals surface area contributed by atoms with Gasteiger partial charge in [-0.2, -0.15) is 5.10 Å². The van der Waals surface area contributed by atoms with E-state index in [-0.39, 0.29) is 17.1 Å². The molecule has 0 saturated carbocycles. The van der Waals surface area contributed by atoms with Gasteiger partial charge in [0.25, 0.3) is 5.56 Å². The minimum atomic E-state index is -0.661. The second-order valence-corrected chi connectivity index (χ2v) is 4.87.